The van der Waals surface area contributed by atoms with Gasteiger partial charge in [0.15, 0.2) is 5.52 Å². The van der Waals surface area contributed by atoms with Crippen molar-refractivity contribution in [2.45, 2.75) is 19.5 Å². The molecule has 2 heterocycles. The van der Waals surface area contributed by atoms with Gasteiger partial charge in [0.25, 0.3) is 5.91 Å². The highest BCUT2D eigenvalue weighted by atomic mass is 16.4. The third kappa shape index (κ3) is 4.20. The summed E-state index contributed by atoms with van der Waals surface area (Å²) in [5.74, 6) is 4.48. The first kappa shape index (κ1) is 18.8. The van der Waals surface area contributed by atoms with E-state index in [1.165, 1.54) is 17.8 Å². The van der Waals surface area contributed by atoms with Crippen LogP contribution in [-0.2, 0) is 11.3 Å². The Bertz CT molecular complexity index is 1040. The molecule has 1 aromatic carbocycles. The summed E-state index contributed by atoms with van der Waals surface area (Å²) in [5.41, 5.74) is 8.24. The second-order valence-electron chi connectivity index (χ2n) is 6.04. The largest absolute Gasteiger partial charge is 0.480 e. The Balaban J connectivity index is 1.66. The summed E-state index contributed by atoms with van der Waals surface area (Å²) in [6.45, 7) is 1.77. The Morgan fingerprint density at radius 3 is 2.64 bits per heavy atom. The van der Waals surface area contributed by atoms with Gasteiger partial charge >= 0.3 is 17.6 Å². The number of nitrogen functional groups attached to an aromatic ring is 2. The van der Waals surface area contributed by atoms with Crippen LogP contribution in [0.1, 0.15) is 23.0 Å². The molecule has 1 atom stereocenters. The predicted octanol–water partition coefficient (Wildman–Crippen LogP) is -0.577. The normalized spacial score (nSPS) is 11.8. The van der Waals surface area contributed by atoms with Crippen LogP contribution in [0.5, 0.6) is 0 Å². The van der Waals surface area contributed by atoms with Crippen LogP contribution in [-0.4, -0.2) is 38.0 Å². The molecule has 11 nitrogen and oxygen atoms in total. The lowest BCUT2D eigenvalue weighted by molar-refractivity contribution is -0.614. The van der Waals surface area contributed by atoms with E-state index in [4.69, 9.17) is 16.7 Å². The van der Waals surface area contributed by atoms with Crippen LogP contribution < -0.4 is 26.9 Å². The van der Waals surface area contributed by atoms with Crippen molar-refractivity contribution in [2.75, 3.05) is 16.9 Å². The molecule has 144 valence electrons. The summed E-state index contributed by atoms with van der Waals surface area (Å²) in [7, 11) is 0. The van der Waals surface area contributed by atoms with Crippen LogP contribution in [0.2, 0.25) is 0 Å². The van der Waals surface area contributed by atoms with Crippen molar-refractivity contribution in [3.63, 3.8) is 0 Å². The number of aliphatic carboxylic acids is 1. The lowest BCUT2D eigenvalue weighted by Gasteiger charge is -2.10. The molecule has 1 unspecified atom stereocenters. The van der Waals surface area contributed by atoms with E-state index in [-0.39, 0.29) is 5.95 Å². The van der Waals surface area contributed by atoms with E-state index in [9.17, 15) is 9.59 Å². The van der Waals surface area contributed by atoms with Gasteiger partial charge in [-0.1, -0.05) is 0 Å². The lowest BCUT2D eigenvalue weighted by Crippen LogP contribution is -2.46. The minimum atomic E-state index is -1.10. The molecule has 0 radical (unpaired) electrons. The lowest BCUT2D eigenvalue weighted by atomic mass is 10.2. The van der Waals surface area contributed by atoms with Crippen molar-refractivity contribution < 1.29 is 19.4 Å². The van der Waals surface area contributed by atoms with Crippen molar-refractivity contribution in [3.05, 3.63) is 47.9 Å². The summed E-state index contributed by atoms with van der Waals surface area (Å²) >= 11 is 0. The number of benzene rings is 1. The number of hydrogen-bond donors (Lipinski definition) is 5. The molecule has 1 amide bonds. The van der Waals surface area contributed by atoms with Gasteiger partial charge in [-0.2, -0.15) is 4.98 Å². The molecule has 11 heteroatoms. The fourth-order valence-electron chi connectivity index (χ4n) is 2.41. The number of aromatic nitrogens is 4. The van der Waals surface area contributed by atoms with Crippen molar-refractivity contribution in [3.8, 4) is 0 Å². The van der Waals surface area contributed by atoms with Gasteiger partial charge in [-0.25, -0.2) is 4.98 Å². The summed E-state index contributed by atoms with van der Waals surface area (Å²) in [4.78, 5) is 35.2. The van der Waals surface area contributed by atoms with Crippen LogP contribution in [0, 0.1) is 0 Å². The second-order valence-corrected chi connectivity index (χ2v) is 6.04. The number of fused-ring (bicyclic) bond motifs is 1. The van der Waals surface area contributed by atoms with E-state index in [1.54, 1.807) is 30.5 Å². The Hall–Kier alpha value is -4.02. The average Bonchev–Trinajstić information content (AvgIpc) is 2.67. The van der Waals surface area contributed by atoms with E-state index in [0.29, 0.717) is 29.0 Å². The van der Waals surface area contributed by atoms with Crippen molar-refractivity contribution in [1.29, 1.82) is 0 Å². The standard InChI is InChI=1S/C17H18N8O3/c1-9(16(27)28)22-15(26)10-2-4-11(5-3-10)20-6-12-8-25(19)14-13(23-12)7-21-17(18)24-14/h2-5,7-9,18H,6,19H2,1H3,(H3,20,22,26,27,28)/p+1. The molecule has 7 N–H and O–H groups in total. The number of carbonyl (C=O) groups is 2. The van der Waals surface area contributed by atoms with E-state index in [1.807, 2.05) is 0 Å². The van der Waals surface area contributed by atoms with Gasteiger partial charge in [0.2, 0.25) is 0 Å². The van der Waals surface area contributed by atoms with Gasteiger partial charge in [0.05, 0.1) is 12.7 Å². The summed E-state index contributed by atoms with van der Waals surface area (Å²) in [6, 6.07) is 5.65. The number of carboxylic acids is 1. The number of carboxylic acid groups (broad SMARTS) is 1. The Labute approximate surface area is 159 Å². The van der Waals surface area contributed by atoms with Gasteiger partial charge in [-0.3, -0.25) is 15.4 Å². The molecule has 3 aromatic rings. The number of nitrogens with two attached hydrogens (primary N) is 2. The highest BCUT2D eigenvalue weighted by Crippen LogP contribution is 2.12. The summed E-state index contributed by atoms with van der Waals surface area (Å²) in [6.07, 6.45) is 3.12. The molecule has 2 aromatic heterocycles. The third-order valence-electron chi connectivity index (χ3n) is 3.90. The molecule has 28 heavy (non-hydrogen) atoms. The molecule has 0 saturated heterocycles. The highest BCUT2D eigenvalue weighted by Gasteiger charge is 2.16. The van der Waals surface area contributed by atoms with E-state index in [0.717, 1.165) is 5.69 Å². The zero-order chi connectivity index (χ0) is 20.3. The zero-order valence-corrected chi connectivity index (χ0v) is 15.0. The minimum Gasteiger partial charge on any atom is -0.480 e. The van der Waals surface area contributed by atoms with E-state index in [2.05, 4.69) is 25.6 Å². The number of nitrogens with one attached hydrogen (secondary N) is 2. The zero-order valence-electron chi connectivity index (χ0n) is 15.0. The SMILES string of the molecule is CC(NC(=O)c1ccc(NCc2c[n+](N)c3nc(N)ncc3n2)cc1)C(=O)O. The number of anilines is 2. The molecule has 0 fully saturated rings. The third-order valence-corrected chi connectivity index (χ3v) is 3.90. The van der Waals surface area contributed by atoms with E-state index < -0.39 is 17.9 Å². The number of nitrogens with zero attached hydrogens (tertiary/aromatic N) is 4. The molecule has 0 bridgehead atoms. The molecular formula is C17H19N8O3+. The van der Waals surface area contributed by atoms with Crippen LogP contribution in [0.3, 0.4) is 0 Å². The highest BCUT2D eigenvalue weighted by molar-refractivity contribution is 5.96. The first-order valence-electron chi connectivity index (χ1n) is 8.30. The summed E-state index contributed by atoms with van der Waals surface area (Å²) < 4.78 is 1.33. The Morgan fingerprint density at radius 1 is 1.25 bits per heavy atom. The maximum absolute atomic E-state index is 12.0. The molecule has 0 saturated carbocycles. The van der Waals surface area contributed by atoms with Gasteiger partial charge in [0.1, 0.15) is 17.9 Å². The fraction of sp³-hybridized carbons (Fsp3) is 0.176. The second kappa shape index (κ2) is 7.70. The molecule has 3 rings (SSSR count). The minimum absolute atomic E-state index is 0.112. The average molecular weight is 383 g/mol. The summed E-state index contributed by atoms with van der Waals surface area (Å²) in [5, 5.41) is 14.4. The first-order valence-corrected chi connectivity index (χ1v) is 8.30. The van der Waals surface area contributed by atoms with Crippen molar-refractivity contribution in [1.82, 2.24) is 20.3 Å². The van der Waals surface area contributed by atoms with Gasteiger partial charge in [-0.05, 0) is 31.2 Å². The monoisotopic (exact) mass is 383 g/mol. The van der Waals surface area contributed by atoms with Gasteiger partial charge in [0, 0.05) is 16.2 Å². The van der Waals surface area contributed by atoms with Crippen LogP contribution in [0.25, 0.3) is 11.2 Å². The van der Waals surface area contributed by atoms with E-state index >= 15 is 0 Å². The molecule has 0 aliphatic heterocycles. The molecule has 0 aliphatic rings. The fourth-order valence-corrected chi connectivity index (χ4v) is 2.41. The number of amides is 1. The Morgan fingerprint density at radius 2 is 1.96 bits per heavy atom. The number of carbonyl (C=O) groups excluding carboxylic acids is 1. The number of hydrogen-bond acceptors (Lipinski definition) is 8. The van der Waals surface area contributed by atoms with Crippen molar-refractivity contribution >= 4 is 34.7 Å². The Kier molecular flexibility index (Phi) is 5.16. The topological polar surface area (TPSA) is 173 Å². The number of rotatable bonds is 6. The quantitative estimate of drug-likeness (QED) is 0.276. The predicted molar refractivity (Wildman–Crippen MR) is 100 cm³/mol. The van der Waals surface area contributed by atoms with Crippen LogP contribution in [0.15, 0.2) is 36.7 Å². The van der Waals surface area contributed by atoms with Crippen molar-refractivity contribution in [2.24, 2.45) is 0 Å². The molecule has 0 aliphatic carbocycles. The smallest absolute Gasteiger partial charge is 0.377 e. The van der Waals surface area contributed by atoms with Crippen LogP contribution in [0.4, 0.5) is 11.6 Å². The maximum atomic E-state index is 12.0. The molecular weight excluding hydrogens is 364 g/mol. The van der Waals surface area contributed by atoms with Crippen LogP contribution >= 0.6 is 0 Å². The first-order chi connectivity index (χ1) is 13.3. The van der Waals surface area contributed by atoms with Gasteiger partial charge < -0.3 is 21.5 Å². The molecule has 0 spiro atoms. The maximum Gasteiger partial charge on any atom is 0.377 e. The van der Waals surface area contributed by atoms with Gasteiger partial charge in [-0.15, -0.1) is 4.68 Å².